The monoisotopic (exact) mass is 427 g/mol. The molecule has 1 heterocycles. The van der Waals surface area contributed by atoms with E-state index in [0.717, 1.165) is 27.8 Å². The van der Waals surface area contributed by atoms with Gasteiger partial charge < -0.3 is 14.4 Å². The fraction of sp³-hybridized carbons (Fsp3) is 0.0769. The Morgan fingerprint density at radius 3 is 1.81 bits per heavy atom. The molecule has 0 bridgehead atoms. The van der Waals surface area contributed by atoms with Gasteiger partial charge in [-0.15, -0.1) is 0 Å². The van der Waals surface area contributed by atoms with Gasteiger partial charge in [-0.1, -0.05) is 48.5 Å². The van der Waals surface area contributed by atoms with E-state index in [1.807, 2.05) is 18.2 Å². The van der Waals surface area contributed by atoms with Gasteiger partial charge in [-0.2, -0.15) is 0 Å². The summed E-state index contributed by atoms with van der Waals surface area (Å²) in [5, 5.41) is 2.47. The molecule has 0 saturated carbocycles. The van der Waals surface area contributed by atoms with Crippen molar-refractivity contribution in [3.05, 3.63) is 96.1 Å². The highest BCUT2D eigenvalue weighted by molar-refractivity contribution is 7.60. The summed E-state index contributed by atoms with van der Waals surface area (Å²) in [6.45, 7) is 4.20. The van der Waals surface area contributed by atoms with Gasteiger partial charge in [-0.05, 0) is 72.5 Å². The maximum Gasteiger partial charge on any atom is 0.356 e. The number of hydrogen-bond donors (Lipinski definition) is 2. The van der Waals surface area contributed by atoms with Crippen molar-refractivity contribution in [2.24, 2.45) is 0 Å². The van der Waals surface area contributed by atoms with Crippen LogP contribution in [0.3, 0.4) is 0 Å². The molecule has 0 aliphatic rings. The van der Waals surface area contributed by atoms with E-state index in [-0.39, 0.29) is 5.30 Å². The average molecular weight is 427 g/mol. The van der Waals surface area contributed by atoms with Crippen LogP contribution in [0, 0.1) is 13.8 Å². The van der Waals surface area contributed by atoms with Crippen LogP contribution < -0.4 is 5.30 Å². The molecule has 0 spiro atoms. The van der Waals surface area contributed by atoms with Crippen LogP contribution in [-0.2, 0) is 4.57 Å². The Labute approximate surface area is 180 Å². The van der Waals surface area contributed by atoms with Gasteiger partial charge in [0.2, 0.25) is 0 Å². The van der Waals surface area contributed by atoms with Crippen molar-refractivity contribution in [1.82, 2.24) is 4.57 Å². The summed E-state index contributed by atoms with van der Waals surface area (Å²) in [5.74, 6) is 0. The van der Waals surface area contributed by atoms with Crippen LogP contribution in [0.4, 0.5) is 0 Å². The summed E-state index contributed by atoms with van der Waals surface area (Å²) in [6, 6.07) is 27.7. The van der Waals surface area contributed by atoms with Crippen molar-refractivity contribution < 1.29 is 14.4 Å². The molecule has 5 rings (SSSR count). The molecular formula is C26H22NO3P. The molecule has 0 amide bonds. The van der Waals surface area contributed by atoms with E-state index in [4.69, 9.17) is 0 Å². The third-order valence-corrected chi connectivity index (χ3v) is 6.67. The SMILES string of the molecule is Cc1ccc2c3ccc(C)cc3n(-c3ccc(-c4cccc(P(=O)(O)O)c4)cc3)c2c1. The maximum atomic E-state index is 11.6. The van der Waals surface area contributed by atoms with Crippen molar-refractivity contribution in [3.8, 4) is 16.8 Å². The second-order valence-corrected chi connectivity index (χ2v) is 9.62. The number of aryl methyl sites for hydroxylation is 2. The third kappa shape index (κ3) is 3.49. The molecule has 0 aliphatic heterocycles. The molecule has 0 saturated heterocycles. The topological polar surface area (TPSA) is 62.5 Å². The second kappa shape index (κ2) is 7.21. The number of nitrogens with zero attached hydrogens (tertiary/aromatic N) is 1. The average Bonchev–Trinajstić information content (AvgIpc) is 3.05. The molecule has 154 valence electrons. The maximum absolute atomic E-state index is 11.6. The van der Waals surface area contributed by atoms with Gasteiger partial charge in [0, 0.05) is 16.5 Å². The molecule has 5 aromatic rings. The first-order valence-electron chi connectivity index (χ1n) is 10.1. The van der Waals surface area contributed by atoms with Gasteiger partial charge >= 0.3 is 7.60 Å². The molecular weight excluding hydrogens is 405 g/mol. The highest BCUT2D eigenvalue weighted by Gasteiger charge is 2.17. The Bertz CT molecular complexity index is 1430. The van der Waals surface area contributed by atoms with E-state index in [1.54, 1.807) is 12.1 Å². The first-order chi connectivity index (χ1) is 14.8. The van der Waals surface area contributed by atoms with E-state index in [9.17, 15) is 14.4 Å². The van der Waals surface area contributed by atoms with Crippen LogP contribution in [0.2, 0.25) is 0 Å². The lowest BCUT2D eigenvalue weighted by Gasteiger charge is -2.11. The summed E-state index contributed by atoms with van der Waals surface area (Å²) in [4.78, 5) is 19.0. The third-order valence-electron chi connectivity index (χ3n) is 5.72. The molecule has 31 heavy (non-hydrogen) atoms. The minimum absolute atomic E-state index is 0.0300. The molecule has 2 N–H and O–H groups in total. The lowest BCUT2D eigenvalue weighted by Crippen LogP contribution is -2.03. The largest absolute Gasteiger partial charge is 0.356 e. The minimum atomic E-state index is -4.28. The summed E-state index contributed by atoms with van der Waals surface area (Å²) in [6.07, 6.45) is 0. The molecule has 4 nitrogen and oxygen atoms in total. The number of hydrogen-bond acceptors (Lipinski definition) is 1. The summed E-state index contributed by atoms with van der Waals surface area (Å²) in [5.41, 5.74) is 7.48. The van der Waals surface area contributed by atoms with Crippen LogP contribution in [-0.4, -0.2) is 14.4 Å². The lowest BCUT2D eigenvalue weighted by molar-refractivity contribution is 0.387. The second-order valence-electron chi connectivity index (χ2n) is 8.02. The molecule has 0 unspecified atom stereocenters. The molecule has 0 atom stereocenters. The number of fused-ring (bicyclic) bond motifs is 3. The van der Waals surface area contributed by atoms with E-state index < -0.39 is 7.60 Å². The number of benzene rings is 4. The first kappa shape index (κ1) is 19.8. The predicted octanol–water partition coefficient (Wildman–Crippen LogP) is 5.87. The normalized spacial score (nSPS) is 12.0. The highest BCUT2D eigenvalue weighted by atomic mass is 31.2. The molecule has 0 aliphatic carbocycles. The van der Waals surface area contributed by atoms with Crippen LogP contribution in [0.15, 0.2) is 84.9 Å². The van der Waals surface area contributed by atoms with Crippen LogP contribution in [0.25, 0.3) is 38.6 Å². The van der Waals surface area contributed by atoms with Gasteiger partial charge in [0.05, 0.1) is 16.3 Å². The van der Waals surface area contributed by atoms with Gasteiger partial charge in [0.15, 0.2) is 0 Å². The van der Waals surface area contributed by atoms with E-state index in [0.29, 0.717) is 0 Å². The van der Waals surface area contributed by atoms with Crippen molar-refractivity contribution >= 4 is 34.7 Å². The van der Waals surface area contributed by atoms with Crippen molar-refractivity contribution in [2.75, 3.05) is 0 Å². The number of aromatic nitrogens is 1. The van der Waals surface area contributed by atoms with Gasteiger partial charge in [-0.3, -0.25) is 4.57 Å². The molecule has 5 heteroatoms. The summed E-state index contributed by atoms with van der Waals surface area (Å²) >= 11 is 0. The van der Waals surface area contributed by atoms with Crippen LogP contribution in [0.5, 0.6) is 0 Å². The summed E-state index contributed by atoms with van der Waals surface area (Å²) < 4.78 is 13.9. The Morgan fingerprint density at radius 1 is 0.677 bits per heavy atom. The smallest absolute Gasteiger partial charge is 0.321 e. The fourth-order valence-corrected chi connectivity index (χ4v) is 4.77. The molecule has 0 radical (unpaired) electrons. The number of rotatable bonds is 3. The van der Waals surface area contributed by atoms with E-state index in [1.165, 1.54) is 28.0 Å². The van der Waals surface area contributed by atoms with Crippen molar-refractivity contribution in [2.45, 2.75) is 13.8 Å². The Kier molecular flexibility index (Phi) is 4.60. The van der Waals surface area contributed by atoms with Gasteiger partial charge in [0.1, 0.15) is 0 Å². The van der Waals surface area contributed by atoms with E-state index in [2.05, 4.69) is 66.9 Å². The predicted molar refractivity (Wildman–Crippen MR) is 127 cm³/mol. The standard InChI is InChI=1S/C26H22NO3P/c1-17-6-12-23-24-13-7-18(2)15-26(24)27(25(23)14-17)21-10-8-19(9-11-21)20-4-3-5-22(16-20)31(28,29)30/h3-16H,1-2H3,(H2,28,29,30). The summed E-state index contributed by atoms with van der Waals surface area (Å²) in [7, 11) is -4.28. The molecule has 1 aromatic heterocycles. The Hall–Kier alpha value is -3.17. The zero-order valence-corrected chi connectivity index (χ0v) is 18.2. The van der Waals surface area contributed by atoms with Crippen molar-refractivity contribution in [3.63, 3.8) is 0 Å². The minimum Gasteiger partial charge on any atom is -0.321 e. The van der Waals surface area contributed by atoms with Gasteiger partial charge in [0.25, 0.3) is 0 Å². The quantitative estimate of drug-likeness (QED) is 0.354. The Morgan fingerprint density at radius 2 is 1.26 bits per heavy atom. The fourth-order valence-electron chi connectivity index (χ4n) is 4.19. The van der Waals surface area contributed by atoms with Crippen molar-refractivity contribution in [1.29, 1.82) is 0 Å². The highest BCUT2D eigenvalue weighted by Crippen LogP contribution is 2.36. The Balaban J connectivity index is 1.67. The van der Waals surface area contributed by atoms with E-state index >= 15 is 0 Å². The zero-order chi connectivity index (χ0) is 21.8. The molecule has 0 fully saturated rings. The lowest BCUT2D eigenvalue weighted by atomic mass is 10.1. The zero-order valence-electron chi connectivity index (χ0n) is 17.3. The van der Waals surface area contributed by atoms with Crippen LogP contribution in [0.1, 0.15) is 11.1 Å². The molecule has 4 aromatic carbocycles. The van der Waals surface area contributed by atoms with Crippen LogP contribution >= 0.6 is 7.60 Å². The first-order valence-corrected chi connectivity index (χ1v) is 11.7. The van der Waals surface area contributed by atoms with Gasteiger partial charge in [-0.25, -0.2) is 0 Å².